The van der Waals surface area contributed by atoms with Gasteiger partial charge in [-0.15, -0.1) is 11.3 Å². The zero-order valence-corrected chi connectivity index (χ0v) is 13.3. The molecule has 0 bridgehead atoms. The van der Waals surface area contributed by atoms with E-state index in [1.807, 2.05) is 7.05 Å². The van der Waals surface area contributed by atoms with Crippen LogP contribution in [-0.4, -0.2) is 29.6 Å². The third kappa shape index (κ3) is 4.63. The van der Waals surface area contributed by atoms with Crippen LogP contribution in [0.25, 0.3) is 0 Å². The van der Waals surface area contributed by atoms with E-state index in [1.165, 1.54) is 10.9 Å². The first-order chi connectivity index (χ1) is 10.1. The summed E-state index contributed by atoms with van der Waals surface area (Å²) in [6.07, 6.45) is 0.790. The maximum atomic E-state index is 13.6. The van der Waals surface area contributed by atoms with E-state index in [1.54, 1.807) is 29.5 Å². The van der Waals surface area contributed by atoms with E-state index in [2.05, 4.69) is 29.3 Å². The lowest BCUT2D eigenvalue weighted by molar-refractivity contribution is 0.135. The Bertz CT molecular complexity index is 543. The maximum absolute atomic E-state index is 13.6. The molecule has 0 aliphatic carbocycles. The molecule has 0 fully saturated rings. The van der Waals surface area contributed by atoms with Crippen LogP contribution in [0.3, 0.4) is 0 Å². The molecule has 0 spiro atoms. The number of thiophene rings is 1. The fourth-order valence-corrected chi connectivity index (χ4v) is 3.15. The SMILES string of the molecule is CC(Cc1cccs1)N(C)CCC(O)c1ccccc1F. The first kappa shape index (κ1) is 16.1. The van der Waals surface area contributed by atoms with Crippen LogP contribution in [0.1, 0.15) is 29.9 Å². The van der Waals surface area contributed by atoms with Gasteiger partial charge >= 0.3 is 0 Å². The van der Waals surface area contributed by atoms with E-state index in [4.69, 9.17) is 0 Å². The number of aliphatic hydroxyl groups excluding tert-OH is 1. The Morgan fingerprint density at radius 1 is 1.24 bits per heavy atom. The predicted molar refractivity (Wildman–Crippen MR) is 86.1 cm³/mol. The van der Waals surface area contributed by atoms with Crippen molar-refractivity contribution in [1.82, 2.24) is 4.90 Å². The Morgan fingerprint density at radius 3 is 2.67 bits per heavy atom. The van der Waals surface area contributed by atoms with Crippen LogP contribution in [0.5, 0.6) is 0 Å². The molecule has 2 nitrogen and oxygen atoms in total. The standard InChI is InChI=1S/C17H22FNOS/c1-13(12-14-6-5-11-21-14)19(2)10-9-17(20)15-7-3-4-8-16(15)18/h3-8,11,13,17,20H,9-10,12H2,1-2H3. The van der Waals surface area contributed by atoms with Gasteiger partial charge in [0.1, 0.15) is 5.82 Å². The van der Waals surface area contributed by atoms with Gasteiger partial charge in [0.15, 0.2) is 0 Å². The second-order valence-electron chi connectivity index (χ2n) is 5.44. The lowest BCUT2D eigenvalue weighted by Gasteiger charge is -2.25. The van der Waals surface area contributed by atoms with Gasteiger partial charge in [0, 0.05) is 23.0 Å². The quantitative estimate of drug-likeness (QED) is 0.839. The number of rotatable bonds is 7. The fraction of sp³-hybridized carbons (Fsp3) is 0.412. The molecule has 114 valence electrons. The van der Waals surface area contributed by atoms with Crippen molar-refractivity contribution in [3.05, 3.63) is 58.0 Å². The van der Waals surface area contributed by atoms with Gasteiger partial charge in [-0.05, 0) is 44.3 Å². The molecule has 4 heteroatoms. The third-order valence-electron chi connectivity index (χ3n) is 3.85. The van der Waals surface area contributed by atoms with E-state index in [9.17, 15) is 9.50 Å². The summed E-state index contributed by atoms with van der Waals surface area (Å²) in [6, 6.07) is 11.0. The Kier molecular flexibility index (Phi) is 5.91. The van der Waals surface area contributed by atoms with E-state index in [0.29, 0.717) is 18.0 Å². The first-order valence-corrected chi connectivity index (χ1v) is 8.11. The van der Waals surface area contributed by atoms with E-state index in [-0.39, 0.29) is 5.82 Å². The Morgan fingerprint density at radius 2 is 2.00 bits per heavy atom. The summed E-state index contributed by atoms with van der Waals surface area (Å²) in [5.74, 6) is -0.334. The molecule has 0 aliphatic rings. The molecule has 2 atom stereocenters. The van der Waals surface area contributed by atoms with Gasteiger partial charge in [0.2, 0.25) is 0 Å². The summed E-state index contributed by atoms with van der Waals surface area (Å²) >= 11 is 1.77. The molecule has 21 heavy (non-hydrogen) atoms. The number of likely N-dealkylation sites (N-methyl/N-ethyl adjacent to an activating group) is 1. The second kappa shape index (κ2) is 7.69. The summed E-state index contributed by atoms with van der Waals surface area (Å²) in [7, 11) is 2.05. The van der Waals surface area contributed by atoms with Crippen molar-refractivity contribution in [2.24, 2.45) is 0 Å². The summed E-state index contributed by atoms with van der Waals surface area (Å²) in [5, 5.41) is 12.2. The summed E-state index contributed by atoms with van der Waals surface area (Å²) in [5.41, 5.74) is 0.386. The zero-order chi connectivity index (χ0) is 15.2. The number of nitrogens with zero attached hydrogens (tertiary/aromatic N) is 1. The van der Waals surface area contributed by atoms with Gasteiger partial charge < -0.3 is 10.0 Å². The van der Waals surface area contributed by atoms with Crippen LogP contribution in [0, 0.1) is 5.82 Å². The van der Waals surface area contributed by atoms with Crippen LogP contribution in [0.4, 0.5) is 4.39 Å². The topological polar surface area (TPSA) is 23.5 Å². The smallest absolute Gasteiger partial charge is 0.128 e. The van der Waals surface area contributed by atoms with Crippen LogP contribution in [0.15, 0.2) is 41.8 Å². The van der Waals surface area contributed by atoms with E-state index < -0.39 is 6.10 Å². The minimum atomic E-state index is -0.748. The molecule has 1 aromatic carbocycles. The zero-order valence-electron chi connectivity index (χ0n) is 12.5. The molecular formula is C17H22FNOS. The van der Waals surface area contributed by atoms with Gasteiger partial charge in [-0.3, -0.25) is 0 Å². The average molecular weight is 307 g/mol. The maximum Gasteiger partial charge on any atom is 0.128 e. The average Bonchev–Trinajstić information content (AvgIpc) is 2.97. The summed E-state index contributed by atoms with van der Waals surface area (Å²) in [4.78, 5) is 3.58. The number of hydrogen-bond acceptors (Lipinski definition) is 3. The van der Waals surface area contributed by atoms with Gasteiger partial charge in [0.25, 0.3) is 0 Å². The highest BCUT2D eigenvalue weighted by Gasteiger charge is 2.15. The first-order valence-electron chi connectivity index (χ1n) is 7.23. The van der Waals surface area contributed by atoms with Crippen LogP contribution in [0.2, 0.25) is 0 Å². The predicted octanol–water partition coefficient (Wildman–Crippen LogP) is 3.87. The Balaban J connectivity index is 1.83. The minimum absolute atomic E-state index is 0.334. The minimum Gasteiger partial charge on any atom is -0.388 e. The largest absolute Gasteiger partial charge is 0.388 e. The molecule has 0 aliphatic heterocycles. The van der Waals surface area contributed by atoms with E-state index >= 15 is 0 Å². The molecule has 2 aromatic rings. The van der Waals surface area contributed by atoms with Crippen molar-refractivity contribution in [2.75, 3.05) is 13.6 Å². The molecule has 2 rings (SSSR count). The number of benzene rings is 1. The summed E-state index contributed by atoms with van der Waals surface area (Å²) < 4.78 is 13.6. The van der Waals surface area contributed by atoms with Crippen molar-refractivity contribution in [3.63, 3.8) is 0 Å². The third-order valence-corrected chi connectivity index (χ3v) is 4.75. The van der Waals surface area contributed by atoms with Crippen molar-refractivity contribution >= 4 is 11.3 Å². The van der Waals surface area contributed by atoms with Crippen molar-refractivity contribution < 1.29 is 9.50 Å². The number of halogens is 1. The van der Waals surface area contributed by atoms with Crippen LogP contribution < -0.4 is 0 Å². The summed E-state index contributed by atoms with van der Waals surface area (Å²) in [6.45, 7) is 2.91. The highest BCUT2D eigenvalue weighted by molar-refractivity contribution is 7.09. The molecule has 1 aromatic heterocycles. The highest BCUT2D eigenvalue weighted by Crippen LogP contribution is 2.21. The Labute approximate surface area is 129 Å². The van der Waals surface area contributed by atoms with Crippen LogP contribution >= 0.6 is 11.3 Å². The molecule has 1 N–H and O–H groups in total. The lowest BCUT2D eigenvalue weighted by Crippen LogP contribution is -2.32. The number of hydrogen-bond donors (Lipinski definition) is 1. The molecule has 2 unspecified atom stereocenters. The highest BCUT2D eigenvalue weighted by atomic mass is 32.1. The van der Waals surface area contributed by atoms with Crippen LogP contribution in [-0.2, 0) is 6.42 Å². The van der Waals surface area contributed by atoms with Gasteiger partial charge in [-0.1, -0.05) is 24.3 Å². The van der Waals surface area contributed by atoms with Crippen molar-refractivity contribution in [3.8, 4) is 0 Å². The Hall–Kier alpha value is -1.23. The number of aliphatic hydroxyl groups is 1. The normalized spacial score (nSPS) is 14.3. The van der Waals surface area contributed by atoms with Gasteiger partial charge in [-0.2, -0.15) is 0 Å². The second-order valence-corrected chi connectivity index (χ2v) is 6.47. The fourth-order valence-electron chi connectivity index (χ4n) is 2.32. The monoisotopic (exact) mass is 307 g/mol. The van der Waals surface area contributed by atoms with E-state index in [0.717, 1.165) is 13.0 Å². The molecule has 0 radical (unpaired) electrons. The molecular weight excluding hydrogens is 285 g/mol. The molecule has 0 saturated carbocycles. The van der Waals surface area contributed by atoms with Gasteiger partial charge in [-0.25, -0.2) is 4.39 Å². The van der Waals surface area contributed by atoms with Gasteiger partial charge in [0.05, 0.1) is 6.10 Å². The molecule has 0 saturated heterocycles. The molecule has 0 amide bonds. The lowest BCUT2D eigenvalue weighted by atomic mass is 10.1. The van der Waals surface area contributed by atoms with Crippen molar-refractivity contribution in [1.29, 1.82) is 0 Å². The van der Waals surface area contributed by atoms with Crippen molar-refractivity contribution in [2.45, 2.75) is 31.9 Å². The molecule has 1 heterocycles.